The van der Waals surface area contributed by atoms with Crippen molar-refractivity contribution in [2.45, 2.75) is 43.5 Å². The monoisotopic (exact) mass is 429 g/mol. The van der Waals surface area contributed by atoms with Gasteiger partial charge in [0.05, 0.1) is 0 Å². The van der Waals surface area contributed by atoms with Crippen molar-refractivity contribution in [1.29, 1.82) is 0 Å². The second-order valence-corrected chi connectivity index (χ2v) is 8.73. The summed E-state index contributed by atoms with van der Waals surface area (Å²) < 4.78 is 19.7. The Bertz CT molecular complexity index is 986. The number of benzene rings is 3. The summed E-state index contributed by atoms with van der Waals surface area (Å²) in [6.07, 6.45) is 0.820. The van der Waals surface area contributed by atoms with Crippen molar-refractivity contribution in [3.05, 3.63) is 113 Å². The number of ether oxygens (including phenoxy) is 3. The van der Waals surface area contributed by atoms with Crippen molar-refractivity contribution in [1.82, 2.24) is 0 Å². The maximum Gasteiger partial charge on any atom is 0.215 e. The molecule has 1 saturated heterocycles. The Balaban J connectivity index is 1.57. The van der Waals surface area contributed by atoms with Gasteiger partial charge in [0.2, 0.25) is 6.04 Å². The van der Waals surface area contributed by atoms with Crippen LogP contribution in [-0.2, 0) is 19.8 Å². The van der Waals surface area contributed by atoms with E-state index in [1.54, 1.807) is 6.21 Å². The average molecular weight is 430 g/mol. The fourth-order valence-corrected chi connectivity index (χ4v) is 4.78. The van der Waals surface area contributed by atoms with Gasteiger partial charge in [0.25, 0.3) is 0 Å². The Kier molecular flexibility index (Phi) is 5.33. The van der Waals surface area contributed by atoms with E-state index in [4.69, 9.17) is 14.2 Å². The molecule has 2 aliphatic rings. The minimum absolute atomic E-state index is 0.180. The first-order valence-electron chi connectivity index (χ1n) is 11.0. The van der Waals surface area contributed by atoms with Gasteiger partial charge in [0.15, 0.2) is 24.2 Å². The van der Waals surface area contributed by atoms with Crippen LogP contribution in [0.4, 0.5) is 0 Å². The summed E-state index contributed by atoms with van der Waals surface area (Å²) in [6, 6.07) is 29.9. The highest BCUT2D eigenvalue weighted by molar-refractivity contribution is 5.62. The van der Waals surface area contributed by atoms with E-state index in [9.17, 15) is 5.21 Å². The number of nitrogens with zero attached hydrogens (tertiary/aromatic N) is 1. The summed E-state index contributed by atoms with van der Waals surface area (Å²) in [5, 5.41) is 12.7. The topological polar surface area (TPSA) is 53.8 Å². The molecule has 0 N–H and O–H groups in total. The number of fused-ring (bicyclic) bond motifs is 1. The van der Waals surface area contributed by atoms with Crippen LogP contribution in [0.25, 0.3) is 0 Å². The van der Waals surface area contributed by atoms with Crippen LogP contribution in [0.15, 0.2) is 91.0 Å². The first-order valence-corrected chi connectivity index (χ1v) is 11.0. The Labute approximate surface area is 188 Å². The Hall–Kier alpha value is -2.99. The van der Waals surface area contributed by atoms with E-state index in [0.717, 1.165) is 21.4 Å². The van der Waals surface area contributed by atoms with Gasteiger partial charge in [0.1, 0.15) is 12.2 Å². The molecule has 164 valence electrons. The van der Waals surface area contributed by atoms with E-state index in [-0.39, 0.29) is 18.8 Å². The fourth-order valence-electron chi connectivity index (χ4n) is 4.78. The Morgan fingerprint density at radius 3 is 1.75 bits per heavy atom. The van der Waals surface area contributed by atoms with Crippen molar-refractivity contribution in [2.24, 2.45) is 0 Å². The lowest BCUT2D eigenvalue weighted by molar-refractivity contribution is -0.507. The first kappa shape index (κ1) is 20.9. The SMILES string of the molecule is CC1(C)O[C@H]2[C@H](C=[N+]([O-])[C@@H]2COC(c2ccccc2)(c2ccccc2)c2ccccc2)O1. The number of rotatable bonds is 6. The predicted octanol–water partition coefficient (Wildman–Crippen LogP) is 4.48. The van der Waals surface area contributed by atoms with Gasteiger partial charge in [-0.15, -0.1) is 0 Å². The number of hydrogen-bond acceptors (Lipinski definition) is 4. The molecule has 0 aromatic heterocycles. The summed E-state index contributed by atoms with van der Waals surface area (Å²) in [5.41, 5.74) is 2.12. The van der Waals surface area contributed by atoms with Crippen LogP contribution in [0.1, 0.15) is 30.5 Å². The second kappa shape index (κ2) is 8.17. The molecule has 3 aromatic rings. The highest BCUT2D eigenvalue weighted by Gasteiger charge is 2.54. The van der Waals surface area contributed by atoms with Crippen LogP contribution in [0.3, 0.4) is 0 Å². The lowest BCUT2D eigenvalue weighted by Crippen LogP contribution is -2.42. The van der Waals surface area contributed by atoms with Gasteiger partial charge < -0.3 is 19.4 Å². The van der Waals surface area contributed by atoms with Crippen molar-refractivity contribution < 1.29 is 18.9 Å². The Morgan fingerprint density at radius 2 is 1.28 bits per heavy atom. The lowest BCUT2D eigenvalue weighted by Gasteiger charge is -2.36. The molecule has 2 aliphatic heterocycles. The maximum absolute atomic E-state index is 12.7. The van der Waals surface area contributed by atoms with Gasteiger partial charge in [-0.2, -0.15) is 0 Å². The quantitative estimate of drug-likeness (QED) is 0.329. The van der Waals surface area contributed by atoms with Gasteiger partial charge in [-0.25, -0.2) is 4.74 Å². The van der Waals surface area contributed by atoms with Crippen LogP contribution < -0.4 is 0 Å². The molecule has 3 aromatic carbocycles. The molecule has 0 radical (unpaired) electrons. The average Bonchev–Trinajstić information content (AvgIpc) is 3.26. The molecular weight excluding hydrogens is 402 g/mol. The zero-order valence-corrected chi connectivity index (χ0v) is 18.3. The third-order valence-electron chi connectivity index (χ3n) is 6.18. The molecule has 0 aliphatic carbocycles. The zero-order valence-electron chi connectivity index (χ0n) is 18.3. The lowest BCUT2D eigenvalue weighted by atomic mass is 9.80. The maximum atomic E-state index is 12.7. The van der Waals surface area contributed by atoms with Crippen LogP contribution in [0.5, 0.6) is 0 Å². The van der Waals surface area contributed by atoms with Gasteiger partial charge in [-0.05, 0) is 30.5 Å². The van der Waals surface area contributed by atoms with Gasteiger partial charge in [0, 0.05) is 0 Å². The fraction of sp³-hybridized carbons (Fsp3) is 0.296. The summed E-state index contributed by atoms with van der Waals surface area (Å²) in [6.45, 7) is 3.92. The zero-order chi connectivity index (χ0) is 22.2. The number of hydroxylamine groups is 1. The standard InChI is InChI=1S/C27H27NO4/c1-26(2)31-24-18-28(29)23(25(24)32-26)19-30-27(20-12-6-3-7-13-20,21-14-8-4-9-15-21)22-16-10-5-11-17-22/h3-18,23-25H,19H2,1-2H3/t23-,24+,25-/m1/s1. The van der Waals surface area contributed by atoms with Crippen LogP contribution >= 0.6 is 0 Å². The van der Waals surface area contributed by atoms with E-state index in [0.29, 0.717) is 0 Å². The van der Waals surface area contributed by atoms with E-state index in [2.05, 4.69) is 36.4 Å². The highest BCUT2D eigenvalue weighted by Crippen LogP contribution is 2.41. The molecule has 5 nitrogen and oxygen atoms in total. The van der Waals surface area contributed by atoms with Gasteiger partial charge >= 0.3 is 0 Å². The second-order valence-electron chi connectivity index (χ2n) is 8.73. The first-order chi connectivity index (χ1) is 15.5. The molecule has 0 unspecified atom stereocenters. The van der Waals surface area contributed by atoms with Crippen molar-refractivity contribution in [2.75, 3.05) is 6.61 Å². The highest BCUT2D eigenvalue weighted by atomic mass is 16.8. The summed E-state index contributed by atoms with van der Waals surface area (Å²) in [7, 11) is 0. The Morgan fingerprint density at radius 1 is 0.812 bits per heavy atom. The van der Waals surface area contributed by atoms with E-state index in [1.807, 2.05) is 68.4 Å². The molecule has 5 rings (SSSR count). The van der Waals surface area contributed by atoms with E-state index < -0.39 is 17.4 Å². The van der Waals surface area contributed by atoms with Crippen LogP contribution in [-0.4, -0.2) is 41.6 Å². The predicted molar refractivity (Wildman–Crippen MR) is 122 cm³/mol. The molecule has 0 bridgehead atoms. The summed E-state index contributed by atoms with van der Waals surface area (Å²) in [4.78, 5) is 0. The third-order valence-corrected chi connectivity index (χ3v) is 6.18. The molecule has 0 spiro atoms. The summed E-state index contributed by atoms with van der Waals surface area (Å²) >= 11 is 0. The van der Waals surface area contributed by atoms with Crippen molar-refractivity contribution in [3.8, 4) is 0 Å². The minimum atomic E-state index is -0.877. The van der Waals surface area contributed by atoms with Crippen molar-refractivity contribution in [3.63, 3.8) is 0 Å². The molecule has 0 saturated carbocycles. The molecular formula is C27H27NO4. The number of hydrogen-bond donors (Lipinski definition) is 0. The third kappa shape index (κ3) is 3.62. The molecule has 5 heteroatoms. The van der Waals surface area contributed by atoms with Gasteiger partial charge in [-0.3, -0.25) is 0 Å². The largest absolute Gasteiger partial charge is 0.624 e. The molecule has 3 atom stereocenters. The van der Waals surface area contributed by atoms with Gasteiger partial charge in [-0.1, -0.05) is 91.0 Å². The van der Waals surface area contributed by atoms with Crippen molar-refractivity contribution >= 4 is 6.21 Å². The van der Waals surface area contributed by atoms with E-state index >= 15 is 0 Å². The summed E-state index contributed by atoms with van der Waals surface area (Å²) in [5.74, 6) is -0.722. The smallest absolute Gasteiger partial charge is 0.215 e. The molecule has 0 amide bonds. The minimum Gasteiger partial charge on any atom is -0.624 e. The normalized spacial score (nSPS) is 24.2. The molecule has 2 heterocycles. The molecule has 32 heavy (non-hydrogen) atoms. The van der Waals surface area contributed by atoms with E-state index in [1.165, 1.54) is 0 Å². The van der Waals surface area contributed by atoms with Crippen LogP contribution in [0, 0.1) is 5.21 Å². The van der Waals surface area contributed by atoms with Crippen LogP contribution in [0.2, 0.25) is 0 Å². The molecule has 1 fully saturated rings.